The molecule has 0 fully saturated rings. The minimum Gasteiger partial charge on any atom is -0.335 e. The van der Waals surface area contributed by atoms with Gasteiger partial charge in [0.1, 0.15) is 5.82 Å². The van der Waals surface area contributed by atoms with Crippen LogP contribution in [0.3, 0.4) is 0 Å². The highest BCUT2D eigenvalue weighted by atomic mass is 35.5. The van der Waals surface area contributed by atoms with E-state index in [-0.39, 0.29) is 21.6 Å². The molecule has 150 valence electrons. The number of nitro benzene ring substituents is 1. The summed E-state index contributed by atoms with van der Waals surface area (Å²) in [5, 5.41) is 21.1. The number of nitrogens with two attached hydrogens (primary N) is 1. The summed E-state index contributed by atoms with van der Waals surface area (Å²) in [7, 11) is 0. The number of nitrogen functional groups attached to an aromatic ring is 1. The third-order valence-corrected chi connectivity index (χ3v) is 5.22. The van der Waals surface area contributed by atoms with Crippen molar-refractivity contribution in [2.75, 3.05) is 11.2 Å². The van der Waals surface area contributed by atoms with Crippen LogP contribution in [0, 0.1) is 15.9 Å². The highest BCUT2D eigenvalue weighted by molar-refractivity contribution is 8.00. The topological polar surface area (TPSA) is 129 Å². The number of carbonyl (C=O) groups is 1. The third kappa shape index (κ3) is 4.63. The normalized spacial score (nSPS) is 11.8. The molecular weight excluding hydrogens is 423 g/mol. The molecule has 0 saturated heterocycles. The van der Waals surface area contributed by atoms with E-state index in [4.69, 9.17) is 17.4 Å². The summed E-state index contributed by atoms with van der Waals surface area (Å²) >= 11 is 7.03. The fourth-order valence-electron chi connectivity index (χ4n) is 2.32. The van der Waals surface area contributed by atoms with Crippen molar-refractivity contribution in [3.63, 3.8) is 0 Å². The van der Waals surface area contributed by atoms with Crippen molar-refractivity contribution in [2.45, 2.75) is 17.3 Å². The lowest BCUT2D eigenvalue weighted by atomic mass is 10.2. The molecule has 1 unspecified atom stereocenters. The molecule has 3 aromatic rings. The first-order valence-electron chi connectivity index (χ1n) is 8.14. The van der Waals surface area contributed by atoms with Gasteiger partial charge in [-0.2, -0.15) is 0 Å². The number of amides is 1. The summed E-state index contributed by atoms with van der Waals surface area (Å²) in [6, 6.07) is 9.32. The predicted molar refractivity (Wildman–Crippen MR) is 108 cm³/mol. The molecule has 29 heavy (non-hydrogen) atoms. The molecule has 0 spiro atoms. The molecule has 1 heterocycles. The summed E-state index contributed by atoms with van der Waals surface area (Å²) < 4.78 is 14.3. The van der Waals surface area contributed by atoms with Gasteiger partial charge >= 0.3 is 0 Å². The van der Waals surface area contributed by atoms with Crippen molar-refractivity contribution >= 4 is 40.6 Å². The first-order valence-corrected chi connectivity index (χ1v) is 9.40. The molecular formula is C17H14ClFN6O3S. The monoisotopic (exact) mass is 436 g/mol. The second-order valence-corrected chi connectivity index (χ2v) is 7.57. The van der Waals surface area contributed by atoms with Crippen LogP contribution in [-0.4, -0.2) is 31.0 Å². The van der Waals surface area contributed by atoms with Crippen molar-refractivity contribution in [1.29, 1.82) is 0 Å². The average molecular weight is 437 g/mol. The summed E-state index contributed by atoms with van der Waals surface area (Å²) in [6.45, 7) is 1.61. The number of halogens is 2. The summed E-state index contributed by atoms with van der Waals surface area (Å²) in [4.78, 5) is 22.8. The third-order valence-electron chi connectivity index (χ3n) is 3.84. The van der Waals surface area contributed by atoms with E-state index in [0.717, 1.165) is 11.8 Å². The highest BCUT2D eigenvalue weighted by Crippen LogP contribution is 2.29. The number of nitrogens with zero attached hydrogens (tertiary/aromatic N) is 4. The zero-order valence-electron chi connectivity index (χ0n) is 14.9. The summed E-state index contributed by atoms with van der Waals surface area (Å²) in [6.07, 6.45) is 0. The second kappa shape index (κ2) is 8.45. The molecule has 0 radical (unpaired) electrons. The van der Waals surface area contributed by atoms with Crippen LogP contribution in [0.25, 0.3) is 11.4 Å². The maximum atomic E-state index is 13.1. The molecule has 9 nitrogen and oxygen atoms in total. The average Bonchev–Trinajstić information content (AvgIpc) is 3.04. The molecule has 0 saturated carbocycles. The maximum Gasteiger partial charge on any atom is 0.271 e. The molecule has 2 aromatic carbocycles. The standard InChI is InChI=1S/C17H14ClFN6O3S/c1-9(16(26)21-14-8-12(25(27)28)6-7-13(14)18)29-17-23-22-15(24(17)20)10-2-4-11(19)5-3-10/h2-9H,20H2,1H3,(H,21,26). The lowest BCUT2D eigenvalue weighted by Gasteiger charge is -2.12. The first-order chi connectivity index (χ1) is 13.8. The quantitative estimate of drug-likeness (QED) is 0.262. The van der Waals surface area contributed by atoms with Gasteiger partial charge in [0, 0.05) is 17.7 Å². The number of hydrogen-bond donors (Lipinski definition) is 2. The van der Waals surface area contributed by atoms with E-state index in [1.165, 1.54) is 47.1 Å². The Bertz CT molecular complexity index is 1080. The number of benzene rings is 2. The molecule has 12 heteroatoms. The van der Waals surface area contributed by atoms with Gasteiger partial charge in [-0.05, 0) is 37.3 Å². The van der Waals surface area contributed by atoms with Crippen LogP contribution in [-0.2, 0) is 4.79 Å². The zero-order chi connectivity index (χ0) is 21.1. The summed E-state index contributed by atoms with van der Waals surface area (Å²) in [5.41, 5.74) is 0.490. The van der Waals surface area contributed by atoms with Gasteiger partial charge in [-0.25, -0.2) is 9.07 Å². The van der Waals surface area contributed by atoms with Gasteiger partial charge in [-0.3, -0.25) is 14.9 Å². The number of aromatic nitrogens is 3. The Hall–Kier alpha value is -3.18. The lowest BCUT2D eigenvalue weighted by molar-refractivity contribution is -0.384. The smallest absolute Gasteiger partial charge is 0.271 e. The van der Waals surface area contributed by atoms with Gasteiger partial charge in [-0.15, -0.1) is 10.2 Å². The van der Waals surface area contributed by atoms with Gasteiger partial charge in [-0.1, -0.05) is 23.4 Å². The number of nitro groups is 1. The number of thioether (sulfide) groups is 1. The first kappa shape index (κ1) is 20.6. The van der Waals surface area contributed by atoms with Crippen LogP contribution in [0.15, 0.2) is 47.6 Å². The fraction of sp³-hybridized carbons (Fsp3) is 0.118. The van der Waals surface area contributed by atoms with E-state index in [1.54, 1.807) is 6.92 Å². The molecule has 1 aromatic heterocycles. The highest BCUT2D eigenvalue weighted by Gasteiger charge is 2.21. The van der Waals surface area contributed by atoms with Gasteiger partial charge in [0.15, 0.2) is 5.82 Å². The minimum absolute atomic E-state index is 0.125. The van der Waals surface area contributed by atoms with Crippen molar-refractivity contribution in [3.05, 3.63) is 63.4 Å². The maximum absolute atomic E-state index is 13.1. The van der Waals surface area contributed by atoms with Gasteiger partial charge < -0.3 is 11.2 Å². The van der Waals surface area contributed by atoms with E-state index in [9.17, 15) is 19.3 Å². The van der Waals surface area contributed by atoms with Crippen molar-refractivity contribution in [1.82, 2.24) is 14.9 Å². The number of hydrogen-bond acceptors (Lipinski definition) is 7. The van der Waals surface area contributed by atoms with Crippen LogP contribution < -0.4 is 11.2 Å². The van der Waals surface area contributed by atoms with Gasteiger partial charge in [0.2, 0.25) is 11.1 Å². The Morgan fingerprint density at radius 2 is 2.00 bits per heavy atom. The van der Waals surface area contributed by atoms with E-state index in [0.29, 0.717) is 11.4 Å². The van der Waals surface area contributed by atoms with E-state index >= 15 is 0 Å². The van der Waals surface area contributed by atoms with Gasteiger partial charge in [0.05, 0.1) is 20.9 Å². The van der Waals surface area contributed by atoms with Crippen LogP contribution >= 0.6 is 23.4 Å². The second-order valence-electron chi connectivity index (χ2n) is 5.85. The van der Waals surface area contributed by atoms with Crippen LogP contribution in [0.4, 0.5) is 15.8 Å². The molecule has 0 aliphatic heterocycles. The molecule has 0 aliphatic carbocycles. The lowest BCUT2D eigenvalue weighted by Crippen LogP contribution is -2.24. The Balaban J connectivity index is 1.73. The Morgan fingerprint density at radius 3 is 2.66 bits per heavy atom. The van der Waals surface area contributed by atoms with Crippen LogP contribution in [0.2, 0.25) is 5.02 Å². The number of nitrogens with one attached hydrogen (secondary N) is 1. The fourth-order valence-corrected chi connectivity index (χ4v) is 3.26. The minimum atomic E-state index is -0.669. The largest absolute Gasteiger partial charge is 0.335 e. The van der Waals surface area contributed by atoms with Gasteiger partial charge in [0.25, 0.3) is 5.69 Å². The zero-order valence-corrected chi connectivity index (χ0v) is 16.4. The predicted octanol–water partition coefficient (Wildman–Crippen LogP) is 3.48. The number of anilines is 1. The SMILES string of the molecule is CC(Sc1nnc(-c2ccc(F)cc2)n1N)C(=O)Nc1cc([N+](=O)[O-])ccc1Cl. The van der Waals surface area contributed by atoms with Crippen LogP contribution in [0.5, 0.6) is 0 Å². The number of carbonyl (C=O) groups excluding carboxylic acids is 1. The molecule has 0 aliphatic rings. The number of non-ortho nitro benzene ring substituents is 1. The van der Waals surface area contributed by atoms with Crippen LogP contribution in [0.1, 0.15) is 6.92 Å². The molecule has 1 amide bonds. The van der Waals surface area contributed by atoms with E-state index < -0.39 is 21.9 Å². The molecule has 3 N–H and O–H groups in total. The Morgan fingerprint density at radius 1 is 1.31 bits per heavy atom. The van der Waals surface area contributed by atoms with E-state index in [1.807, 2.05) is 0 Å². The molecule has 3 rings (SSSR count). The summed E-state index contributed by atoms with van der Waals surface area (Å²) in [5.74, 6) is 5.46. The number of rotatable bonds is 6. The van der Waals surface area contributed by atoms with Crippen molar-refractivity contribution < 1.29 is 14.1 Å². The molecule has 1 atom stereocenters. The van der Waals surface area contributed by atoms with Crippen molar-refractivity contribution in [2.24, 2.45) is 0 Å². The van der Waals surface area contributed by atoms with Crippen molar-refractivity contribution in [3.8, 4) is 11.4 Å². The molecule has 0 bridgehead atoms. The van der Waals surface area contributed by atoms with E-state index in [2.05, 4.69) is 15.5 Å². The Kier molecular flexibility index (Phi) is 5.99. The Labute approximate surface area is 173 Å².